The Balaban J connectivity index is 1.68. The first-order chi connectivity index (χ1) is 16.1. The summed E-state index contributed by atoms with van der Waals surface area (Å²) in [6.07, 6.45) is 4.17. The van der Waals surface area contributed by atoms with Gasteiger partial charge >= 0.3 is 0 Å². The first kappa shape index (κ1) is 23.7. The number of hydrogen-bond donors (Lipinski definition) is 1. The number of nitrogens with zero attached hydrogens (tertiary/aromatic N) is 6. The highest BCUT2D eigenvalue weighted by atomic mass is 32.2. The smallest absolute Gasteiger partial charge is 0.238 e. The van der Waals surface area contributed by atoms with Crippen LogP contribution in [0.2, 0.25) is 0 Å². The van der Waals surface area contributed by atoms with Crippen LogP contribution in [0.5, 0.6) is 0 Å². The molecular weight excluding hydrogens is 457 g/mol. The largest absolute Gasteiger partial charge is 0.295 e. The highest BCUT2D eigenvalue weighted by molar-refractivity contribution is 7.89. The number of rotatable bonds is 8. The molecule has 2 heterocycles. The zero-order valence-electron chi connectivity index (χ0n) is 19.2. The van der Waals surface area contributed by atoms with Gasteiger partial charge in [0.2, 0.25) is 10.0 Å². The second kappa shape index (κ2) is 9.45. The zero-order chi connectivity index (χ0) is 24.5. The number of hydrogen-bond acceptors (Lipinski definition) is 6. The lowest BCUT2D eigenvalue weighted by atomic mass is 10.1. The normalized spacial score (nSPS) is 11.9. The molecule has 0 fully saturated rings. The average Bonchev–Trinajstić information content (AvgIpc) is 3.32. The van der Waals surface area contributed by atoms with Gasteiger partial charge in [0.05, 0.1) is 17.6 Å². The summed E-state index contributed by atoms with van der Waals surface area (Å²) >= 11 is 0. The van der Waals surface area contributed by atoms with Gasteiger partial charge in [-0.05, 0) is 37.7 Å². The van der Waals surface area contributed by atoms with Crippen molar-refractivity contribution in [2.75, 3.05) is 7.05 Å². The van der Waals surface area contributed by atoms with Gasteiger partial charge in [-0.25, -0.2) is 27.6 Å². The van der Waals surface area contributed by atoms with Crippen LogP contribution in [0.15, 0.2) is 59.8 Å². The van der Waals surface area contributed by atoms with Gasteiger partial charge in [0.15, 0.2) is 5.82 Å². The Morgan fingerprint density at radius 2 is 1.91 bits per heavy atom. The van der Waals surface area contributed by atoms with E-state index in [1.807, 2.05) is 56.4 Å². The topological polar surface area (TPSA) is 112 Å². The first-order valence-electron chi connectivity index (χ1n) is 10.6. The lowest BCUT2D eigenvalue weighted by Crippen LogP contribution is -2.18. The van der Waals surface area contributed by atoms with Gasteiger partial charge in [-0.1, -0.05) is 29.8 Å². The second-order valence-electron chi connectivity index (χ2n) is 8.37. The molecule has 0 aliphatic carbocycles. The molecule has 11 heteroatoms. The summed E-state index contributed by atoms with van der Waals surface area (Å²) in [5.74, 6) is 0.304. The lowest BCUT2D eigenvalue weighted by molar-refractivity contribution is 0.310. The van der Waals surface area contributed by atoms with Crippen molar-refractivity contribution in [3.8, 4) is 5.69 Å². The van der Waals surface area contributed by atoms with E-state index in [0.717, 1.165) is 22.8 Å². The van der Waals surface area contributed by atoms with E-state index in [1.54, 1.807) is 10.9 Å². The van der Waals surface area contributed by atoms with Gasteiger partial charge in [-0.3, -0.25) is 9.58 Å². The van der Waals surface area contributed by atoms with Gasteiger partial charge in [0, 0.05) is 31.8 Å². The average molecular weight is 484 g/mol. The van der Waals surface area contributed by atoms with Crippen molar-refractivity contribution in [3.05, 3.63) is 89.0 Å². The summed E-state index contributed by atoms with van der Waals surface area (Å²) < 4.78 is 41.4. The summed E-state index contributed by atoms with van der Waals surface area (Å²) in [6, 6.07) is 11.5. The Labute approximate surface area is 197 Å². The molecule has 0 amide bonds. The molecule has 9 nitrogen and oxygen atoms in total. The van der Waals surface area contributed by atoms with Crippen LogP contribution < -0.4 is 5.14 Å². The molecule has 0 saturated carbocycles. The van der Waals surface area contributed by atoms with E-state index in [-0.39, 0.29) is 10.6 Å². The fourth-order valence-electron chi connectivity index (χ4n) is 3.77. The molecule has 34 heavy (non-hydrogen) atoms. The zero-order valence-corrected chi connectivity index (χ0v) is 20.0. The Kier molecular flexibility index (Phi) is 6.60. The molecule has 0 radical (unpaired) electrons. The van der Waals surface area contributed by atoms with E-state index in [9.17, 15) is 12.8 Å². The Morgan fingerprint density at radius 1 is 1.12 bits per heavy atom. The molecule has 0 aliphatic rings. The lowest BCUT2D eigenvalue weighted by Gasteiger charge is -2.12. The van der Waals surface area contributed by atoms with Gasteiger partial charge in [-0.2, -0.15) is 5.10 Å². The second-order valence-corrected chi connectivity index (χ2v) is 9.94. The minimum absolute atomic E-state index is 0.101. The molecular formula is C23H26FN7O2S. The van der Waals surface area contributed by atoms with Crippen molar-refractivity contribution in [3.63, 3.8) is 0 Å². The Hall–Kier alpha value is -3.41. The van der Waals surface area contributed by atoms with Crippen molar-refractivity contribution in [1.29, 1.82) is 0 Å². The van der Waals surface area contributed by atoms with E-state index in [0.29, 0.717) is 31.2 Å². The van der Waals surface area contributed by atoms with Crippen LogP contribution in [0, 0.1) is 12.7 Å². The van der Waals surface area contributed by atoms with E-state index < -0.39 is 15.8 Å². The molecule has 0 spiro atoms. The van der Waals surface area contributed by atoms with Crippen LogP contribution in [-0.2, 0) is 36.6 Å². The van der Waals surface area contributed by atoms with Crippen molar-refractivity contribution in [1.82, 2.24) is 29.4 Å². The maximum Gasteiger partial charge on any atom is 0.238 e. The Morgan fingerprint density at radius 3 is 2.56 bits per heavy atom. The number of aromatic nitrogens is 5. The van der Waals surface area contributed by atoms with Crippen LogP contribution in [0.4, 0.5) is 4.39 Å². The van der Waals surface area contributed by atoms with E-state index >= 15 is 0 Å². The third-order valence-electron chi connectivity index (χ3n) is 5.26. The summed E-state index contributed by atoms with van der Waals surface area (Å²) in [5, 5.41) is 13.9. The molecule has 0 atom stereocenters. The number of aryl methyl sites for hydroxylation is 2. The van der Waals surface area contributed by atoms with E-state index in [4.69, 9.17) is 10.1 Å². The molecule has 178 valence electrons. The van der Waals surface area contributed by atoms with Crippen LogP contribution in [0.3, 0.4) is 0 Å². The molecule has 4 aromatic rings. The highest BCUT2D eigenvalue weighted by Gasteiger charge is 2.19. The minimum Gasteiger partial charge on any atom is -0.295 e. The van der Waals surface area contributed by atoms with Crippen LogP contribution in [-0.4, -0.2) is 44.9 Å². The molecule has 0 aliphatic heterocycles. The fourth-order valence-corrected chi connectivity index (χ4v) is 4.30. The highest BCUT2D eigenvalue weighted by Crippen LogP contribution is 2.21. The molecule has 2 N–H and O–H groups in total. The number of benzene rings is 2. The first-order valence-corrected chi connectivity index (χ1v) is 12.1. The van der Waals surface area contributed by atoms with Crippen LogP contribution in [0.25, 0.3) is 5.69 Å². The third kappa shape index (κ3) is 5.56. The minimum atomic E-state index is -4.03. The molecule has 0 unspecified atom stereocenters. The predicted octanol–water partition coefficient (Wildman–Crippen LogP) is 2.32. The molecule has 0 bridgehead atoms. The molecule has 4 rings (SSSR count). The van der Waals surface area contributed by atoms with Crippen LogP contribution >= 0.6 is 0 Å². The van der Waals surface area contributed by atoms with Crippen molar-refractivity contribution in [2.45, 2.75) is 31.3 Å². The maximum absolute atomic E-state index is 15.0. The van der Waals surface area contributed by atoms with E-state index in [1.165, 1.54) is 16.8 Å². The summed E-state index contributed by atoms with van der Waals surface area (Å²) in [6.45, 7) is 3.07. The number of primary sulfonamides is 1. The summed E-state index contributed by atoms with van der Waals surface area (Å²) in [4.78, 5) is 6.43. The van der Waals surface area contributed by atoms with Gasteiger partial charge in [-0.15, -0.1) is 5.10 Å². The standard InChI is InChI=1S/C23H26FN7O2S/c1-16-5-4-6-17(9-16)10-23-27-22(15-29(2)13-18-12-26-30(3)14-18)28-31(23)21-8-7-19(11-20(21)24)34(25,32)33/h4-9,11-12,14H,10,13,15H2,1-3H3,(H2,25,32,33). The van der Waals surface area contributed by atoms with Crippen molar-refractivity contribution in [2.24, 2.45) is 12.2 Å². The molecule has 0 saturated heterocycles. The molecule has 2 aromatic heterocycles. The monoisotopic (exact) mass is 483 g/mol. The number of nitrogens with two attached hydrogens (primary N) is 1. The Bertz CT molecular complexity index is 1430. The molecule has 2 aromatic carbocycles. The van der Waals surface area contributed by atoms with Gasteiger partial charge < -0.3 is 0 Å². The summed E-state index contributed by atoms with van der Waals surface area (Å²) in [5.41, 5.74) is 3.26. The quantitative estimate of drug-likeness (QED) is 0.412. The van der Waals surface area contributed by atoms with Crippen molar-refractivity contribution < 1.29 is 12.8 Å². The van der Waals surface area contributed by atoms with E-state index in [2.05, 4.69) is 10.2 Å². The summed E-state index contributed by atoms with van der Waals surface area (Å²) in [7, 11) is -0.224. The van der Waals surface area contributed by atoms with Crippen LogP contribution in [0.1, 0.15) is 28.3 Å². The SMILES string of the molecule is Cc1cccc(Cc2nc(CN(C)Cc3cnn(C)c3)nn2-c2ccc(S(N)(=O)=O)cc2F)c1. The van der Waals surface area contributed by atoms with Crippen molar-refractivity contribution >= 4 is 10.0 Å². The third-order valence-corrected chi connectivity index (χ3v) is 6.17. The fraction of sp³-hybridized carbons (Fsp3) is 0.261. The number of halogens is 1. The predicted molar refractivity (Wildman–Crippen MR) is 125 cm³/mol. The van der Waals surface area contributed by atoms with Gasteiger partial charge in [0.25, 0.3) is 0 Å². The van der Waals surface area contributed by atoms with Gasteiger partial charge in [0.1, 0.15) is 17.3 Å². The maximum atomic E-state index is 15.0. The number of sulfonamides is 1.